The van der Waals surface area contributed by atoms with Gasteiger partial charge in [-0.2, -0.15) is 5.26 Å². The monoisotopic (exact) mass is 252 g/mol. The van der Waals surface area contributed by atoms with Crippen LogP contribution in [0.1, 0.15) is 30.5 Å². The topological polar surface area (TPSA) is 61.6 Å². The van der Waals surface area contributed by atoms with Crippen molar-refractivity contribution in [3.05, 3.63) is 53.7 Å². The van der Waals surface area contributed by atoms with Gasteiger partial charge < -0.3 is 5.32 Å². The Labute approximate surface area is 113 Å². The first-order valence-corrected chi connectivity index (χ1v) is 6.36. The first-order valence-electron chi connectivity index (χ1n) is 6.36. The van der Waals surface area contributed by atoms with E-state index in [9.17, 15) is 0 Å². The Hall–Kier alpha value is -2.41. The van der Waals surface area contributed by atoms with Gasteiger partial charge in [0.25, 0.3) is 0 Å². The van der Waals surface area contributed by atoms with Gasteiger partial charge in [0.15, 0.2) is 5.69 Å². The number of hydrogen-bond acceptors (Lipinski definition) is 4. The smallest absolute Gasteiger partial charge is 0.163 e. The second-order valence-electron chi connectivity index (χ2n) is 4.31. The molecule has 2 rings (SSSR count). The fraction of sp³-hybridized carbons (Fsp3) is 0.267. The number of hydrogen-bond donors (Lipinski definition) is 1. The van der Waals surface area contributed by atoms with Crippen LogP contribution in [0.2, 0.25) is 0 Å². The summed E-state index contributed by atoms with van der Waals surface area (Å²) >= 11 is 0. The maximum atomic E-state index is 8.66. The maximum absolute atomic E-state index is 8.66. The molecule has 1 atom stereocenters. The first kappa shape index (κ1) is 13.0. The lowest BCUT2D eigenvalue weighted by Gasteiger charge is -2.16. The average Bonchev–Trinajstić information content (AvgIpc) is 2.49. The van der Waals surface area contributed by atoms with Crippen LogP contribution in [0, 0.1) is 11.3 Å². The first-order chi connectivity index (χ1) is 9.33. The van der Waals surface area contributed by atoms with Gasteiger partial charge in [0.05, 0.1) is 0 Å². The molecule has 19 heavy (non-hydrogen) atoms. The number of nitrogens with zero attached hydrogens (tertiary/aromatic N) is 3. The molecule has 0 saturated heterocycles. The Bertz CT molecular complexity index is 543. The van der Waals surface area contributed by atoms with E-state index in [1.54, 1.807) is 12.1 Å². The highest BCUT2D eigenvalue weighted by molar-refractivity contribution is 5.36. The summed E-state index contributed by atoms with van der Waals surface area (Å²) in [5.74, 6) is 1.15. The van der Waals surface area contributed by atoms with Gasteiger partial charge in [-0.25, -0.2) is 0 Å². The molecular weight excluding hydrogens is 236 g/mol. The van der Waals surface area contributed by atoms with E-state index in [0.29, 0.717) is 17.4 Å². The Morgan fingerprint density at radius 1 is 1.16 bits per heavy atom. The van der Waals surface area contributed by atoms with E-state index in [-0.39, 0.29) is 0 Å². The van der Waals surface area contributed by atoms with Crippen LogP contribution < -0.4 is 5.32 Å². The van der Waals surface area contributed by atoms with Crippen LogP contribution in [0.15, 0.2) is 42.5 Å². The lowest BCUT2D eigenvalue weighted by Crippen LogP contribution is -2.13. The van der Waals surface area contributed by atoms with E-state index in [1.807, 2.05) is 12.1 Å². The Kier molecular flexibility index (Phi) is 4.46. The van der Waals surface area contributed by atoms with E-state index in [4.69, 9.17) is 5.26 Å². The molecule has 1 heterocycles. The third-order valence-corrected chi connectivity index (χ3v) is 3.07. The van der Waals surface area contributed by atoms with Gasteiger partial charge in [0.1, 0.15) is 11.9 Å². The number of nitrogens with one attached hydrogen (secondary N) is 1. The molecule has 1 unspecified atom stereocenters. The van der Waals surface area contributed by atoms with Gasteiger partial charge in [-0.1, -0.05) is 37.3 Å². The Balaban J connectivity index is 1.98. The van der Waals surface area contributed by atoms with Crippen LogP contribution in [0.3, 0.4) is 0 Å². The molecular formula is C15H16N4. The number of benzene rings is 1. The van der Waals surface area contributed by atoms with Crippen LogP contribution >= 0.6 is 0 Å². The van der Waals surface area contributed by atoms with Crippen molar-refractivity contribution in [1.82, 2.24) is 10.2 Å². The van der Waals surface area contributed by atoms with Gasteiger partial charge in [-0.15, -0.1) is 10.2 Å². The van der Waals surface area contributed by atoms with Crippen molar-refractivity contribution in [3.8, 4) is 6.07 Å². The molecule has 0 aliphatic heterocycles. The van der Waals surface area contributed by atoms with Gasteiger partial charge >= 0.3 is 0 Å². The summed E-state index contributed by atoms with van der Waals surface area (Å²) in [6.07, 6.45) is 1.06. The fourth-order valence-corrected chi connectivity index (χ4v) is 1.94. The highest BCUT2D eigenvalue weighted by Gasteiger charge is 2.08. The van der Waals surface area contributed by atoms with Gasteiger partial charge in [0.2, 0.25) is 0 Å². The summed E-state index contributed by atoms with van der Waals surface area (Å²) in [5, 5.41) is 19.7. The molecule has 0 aliphatic rings. The molecule has 0 fully saturated rings. The minimum Gasteiger partial charge on any atom is -0.368 e. The molecule has 0 saturated carbocycles. The molecule has 0 spiro atoms. The van der Waals surface area contributed by atoms with Crippen molar-refractivity contribution in [2.75, 3.05) is 11.9 Å². The van der Waals surface area contributed by atoms with Crippen molar-refractivity contribution in [2.24, 2.45) is 0 Å². The molecule has 4 heteroatoms. The predicted octanol–water partition coefficient (Wildman–Crippen LogP) is 2.95. The van der Waals surface area contributed by atoms with Crippen LogP contribution in [0.4, 0.5) is 5.82 Å². The third-order valence-electron chi connectivity index (χ3n) is 3.07. The van der Waals surface area contributed by atoms with Crippen molar-refractivity contribution in [1.29, 1.82) is 5.26 Å². The molecule has 0 amide bonds. The second-order valence-corrected chi connectivity index (χ2v) is 4.31. The molecule has 4 nitrogen and oxygen atoms in total. The minimum absolute atomic E-state index is 0.334. The Morgan fingerprint density at radius 3 is 2.53 bits per heavy atom. The average molecular weight is 252 g/mol. The zero-order chi connectivity index (χ0) is 13.5. The molecule has 1 aromatic heterocycles. The number of rotatable bonds is 5. The summed E-state index contributed by atoms with van der Waals surface area (Å²) in [4.78, 5) is 0. The molecule has 96 valence electrons. The van der Waals surface area contributed by atoms with Crippen molar-refractivity contribution in [3.63, 3.8) is 0 Å². The highest BCUT2D eigenvalue weighted by Crippen LogP contribution is 2.19. The quantitative estimate of drug-likeness (QED) is 0.888. The van der Waals surface area contributed by atoms with Gasteiger partial charge in [-0.05, 0) is 24.1 Å². The van der Waals surface area contributed by atoms with E-state index >= 15 is 0 Å². The van der Waals surface area contributed by atoms with Crippen molar-refractivity contribution in [2.45, 2.75) is 19.3 Å². The van der Waals surface area contributed by atoms with E-state index in [0.717, 1.165) is 13.0 Å². The minimum atomic E-state index is 0.334. The van der Waals surface area contributed by atoms with Crippen LogP contribution in [0.25, 0.3) is 0 Å². The standard InChI is InChI=1S/C15H16N4/c1-2-12(13-6-4-3-5-7-13)11-17-15-9-8-14(10-16)18-19-15/h3-9,12H,2,11H2,1H3,(H,17,19). The number of anilines is 1. The summed E-state index contributed by atoms with van der Waals surface area (Å²) in [7, 11) is 0. The van der Waals surface area contributed by atoms with Gasteiger partial charge in [0, 0.05) is 12.5 Å². The molecule has 2 aromatic rings. The van der Waals surface area contributed by atoms with E-state index in [2.05, 4.69) is 46.7 Å². The van der Waals surface area contributed by atoms with Crippen molar-refractivity contribution >= 4 is 5.82 Å². The summed E-state index contributed by atoms with van der Waals surface area (Å²) < 4.78 is 0. The third kappa shape index (κ3) is 3.52. The SMILES string of the molecule is CCC(CNc1ccc(C#N)nn1)c1ccccc1. The van der Waals surface area contributed by atoms with Crippen LogP contribution in [-0.4, -0.2) is 16.7 Å². The normalized spacial score (nSPS) is 11.6. The predicted molar refractivity (Wildman–Crippen MR) is 74.7 cm³/mol. The van der Waals surface area contributed by atoms with E-state index < -0.39 is 0 Å². The van der Waals surface area contributed by atoms with E-state index in [1.165, 1.54) is 5.56 Å². The highest BCUT2D eigenvalue weighted by atomic mass is 15.2. The molecule has 0 aliphatic carbocycles. The summed E-state index contributed by atoms with van der Waals surface area (Å²) in [6, 6.07) is 15.8. The summed E-state index contributed by atoms with van der Waals surface area (Å²) in [6.45, 7) is 2.98. The molecule has 0 bridgehead atoms. The summed E-state index contributed by atoms with van der Waals surface area (Å²) in [5.41, 5.74) is 1.65. The lowest BCUT2D eigenvalue weighted by atomic mass is 9.96. The van der Waals surface area contributed by atoms with Crippen LogP contribution in [-0.2, 0) is 0 Å². The van der Waals surface area contributed by atoms with Crippen LogP contribution in [0.5, 0.6) is 0 Å². The maximum Gasteiger partial charge on any atom is 0.163 e. The van der Waals surface area contributed by atoms with Crippen molar-refractivity contribution < 1.29 is 0 Å². The number of aromatic nitrogens is 2. The Morgan fingerprint density at radius 2 is 1.95 bits per heavy atom. The molecule has 1 aromatic carbocycles. The largest absolute Gasteiger partial charge is 0.368 e. The lowest BCUT2D eigenvalue weighted by molar-refractivity contribution is 0.692. The van der Waals surface area contributed by atoms with Gasteiger partial charge in [-0.3, -0.25) is 0 Å². The second kappa shape index (κ2) is 6.50. The number of nitriles is 1. The molecule has 1 N–H and O–H groups in total. The zero-order valence-corrected chi connectivity index (χ0v) is 10.9. The zero-order valence-electron chi connectivity index (χ0n) is 10.9. The fourth-order valence-electron chi connectivity index (χ4n) is 1.94. The molecule has 0 radical (unpaired) electrons.